The lowest BCUT2D eigenvalue weighted by molar-refractivity contribution is -0.384. The molecule has 9 heteroatoms. The highest BCUT2D eigenvalue weighted by atomic mass is 32.1. The molecule has 1 aliphatic rings. The fraction of sp³-hybridized carbons (Fsp3) is 0.263. The Balaban J connectivity index is 1.40. The van der Waals surface area contributed by atoms with Crippen LogP contribution in [0, 0.1) is 17.0 Å². The first-order chi connectivity index (χ1) is 13.5. The molecule has 0 spiro atoms. The van der Waals surface area contributed by atoms with Gasteiger partial charge >= 0.3 is 6.03 Å². The average molecular weight is 397 g/mol. The number of hydrogen-bond acceptors (Lipinski definition) is 6. The molecule has 0 radical (unpaired) electrons. The summed E-state index contributed by atoms with van der Waals surface area (Å²) >= 11 is 1.44. The first-order valence-corrected chi connectivity index (χ1v) is 9.74. The van der Waals surface area contributed by atoms with Crippen LogP contribution in [0.3, 0.4) is 0 Å². The van der Waals surface area contributed by atoms with Crippen LogP contribution in [0.25, 0.3) is 10.2 Å². The van der Waals surface area contributed by atoms with E-state index in [-0.39, 0.29) is 11.7 Å². The number of hydrogen-bond donors (Lipinski definition) is 1. The van der Waals surface area contributed by atoms with Crippen LogP contribution in [-0.2, 0) is 0 Å². The largest absolute Gasteiger partial charge is 0.345 e. The third-order valence-corrected chi connectivity index (χ3v) is 5.76. The molecular weight excluding hydrogens is 378 g/mol. The number of nitrogens with one attached hydrogen (secondary N) is 1. The second-order valence-corrected chi connectivity index (χ2v) is 7.69. The Morgan fingerprint density at radius 3 is 2.68 bits per heavy atom. The summed E-state index contributed by atoms with van der Waals surface area (Å²) < 4.78 is 0.795. The van der Waals surface area contributed by atoms with Crippen LogP contribution in [-0.4, -0.2) is 47.0 Å². The zero-order valence-electron chi connectivity index (χ0n) is 15.3. The molecule has 0 bridgehead atoms. The number of non-ortho nitro benzene ring substituents is 1. The van der Waals surface area contributed by atoms with E-state index in [1.807, 2.05) is 31.2 Å². The lowest BCUT2D eigenvalue weighted by Crippen LogP contribution is -2.50. The monoisotopic (exact) mass is 397 g/mol. The molecule has 144 valence electrons. The van der Waals surface area contributed by atoms with Gasteiger partial charge in [0.25, 0.3) is 5.69 Å². The molecule has 2 heterocycles. The molecular formula is C19H19N5O3S. The lowest BCUT2D eigenvalue weighted by atomic mass is 10.2. The Morgan fingerprint density at radius 2 is 1.96 bits per heavy atom. The molecule has 0 atom stereocenters. The topological polar surface area (TPSA) is 91.6 Å². The van der Waals surface area contributed by atoms with E-state index in [0.717, 1.165) is 26.6 Å². The summed E-state index contributed by atoms with van der Waals surface area (Å²) in [5, 5.41) is 14.7. The summed E-state index contributed by atoms with van der Waals surface area (Å²) in [4.78, 5) is 31.5. The fourth-order valence-electron chi connectivity index (χ4n) is 3.18. The standard InChI is InChI=1S/C19H19N5O3S/c1-13-3-2-4-14(11-13)20-18(25)22-7-9-23(10-8-22)19-21-16-6-5-15(24(26)27)12-17(16)28-19/h2-6,11-12H,7-10H2,1H3,(H,20,25). The van der Waals surface area contributed by atoms with Crippen molar-refractivity contribution in [2.24, 2.45) is 0 Å². The molecule has 0 saturated carbocycles. The van der Waals surface area contributed by atoms with E-state index in [0.29, 0.717) is 26.2 Å². The number of carbonyl (C=O) groups is 1. The third-order valence-electron chi connectivity index (χ3n) is 4.68. The molecule has 2 amide bonds. The normalized spacial score (nSPS) is 14.3. The van der Waals surface area contributed by atoms with Gasteiger partial charge in [0.05, 0.1) is 15.1 Å². The third kappa shape index (κ3) is 3.74. The summed E-state index contributed by atoms with van der Waals surface area (Å²) in [5.41, 5.74) is 2.71. The molecule has 0 aliphatic carbocycles. The Kier molecular flexibility index (Phi) is 4.82. The number of amides is 2. The number of rotatable bonds is 3. The Morgan fingerprint density at radius 1 is 1.18 bits per heavy atom. The van der Waals surface area contributed by atoms with E-state index >= 15 is 0 Å². The van der Waals surface area contributed by atoms with Gasteiger partial charge in [-0.1, -0.05) is 23.5 Å². The predicted molar refractivity (Wildman–Crippen MR) is 110 cm³/mol. The number of aryl methyl sites for hydroxylation is 1. The number of thiazole rings is 1. The molecule has 1 aromatic heterocycles. The van der Waals surface area contributed by atoms with Crippen molar-refractivity contribution >= 4 is 44.1 Å². The quantitative estimate of drug-likeness (QED) is 0.535. The summed E-state index contributed by atoms with van der Waals surface area (Å²) in [7, 11) is 0. The van der Waals surface area contributed by atoms with Crippen molar-refractivity contribution in [3.05, 3.63) is 58.1 Å². The van der Waals surface area contributed by atoms with Crippen LogP contribution in [0.1, 0.15) is 5.56 Å². The molecule has 4 rings (SSSR count). The number of piperazine rings is 1. The molecule has 1 aliphatic heterocycles. The number of carbonyl (C=O) groups excluding carboxylic acids is 1. The van der Waals surface area contributed by atoms with Crippen LogP contribution in [0.5, 0.6) is 0 Å². The number of anilines is 2. The van der Waals surface area contributed by atoms with Crippen LogP contribution in [0.15, 0.2) is 42.5 Å². The van der Waals surface area contributed by atoms with E-state index in [4.69, 9.17) is 0 Å². The van der Waals surface area contributed by atoms with Crippen LogP contribution >= 0.6 is 11.3 Å². The Bertz CT molecular complexity index is 1040. The van der Waals surface area contributed by atoms with Gasteiger partial charge in [-0.2, -0.15) is 0 Å². The Labute approximate surface area is 165 Å². The summed E-state index contributed by atoms with van der Waals surface area (Å²) in [6, 6.07) is 12.3. The smallest absolute Gasteiger partial charge is 0.321 e. The van der Waals surface area contributed by atoms with Crippen molar-refractivity contribution in [1.29, 1.82) is 0 Å². The molecule has 1 fully saturated rings. The lowest BCUT2D eigenvalue weighted by Gasteiger charge is -2.34. The molecule has 3 aromatic rings. The minimum absolute atomic E-state index is 0.0698. The van der Waals surface area contributed by atoms with Gasteiger partial charge in [0.15, 0.2) is 5.13 Å². The molecule has 28 heavy (non-hydrogen) atoms. The summed E-state index contributed by atoms with van der Waals surface area (Å²) in [5.74, 6) is 0. The second-order valence-electron chi connectivity index (χ2n) is 6.68. The zero-order chi connectivity index (χ0) is 19.7. The van der Waals surface area contributed by atoms with Gasteiger partial charge < -0.3 is 15.1 Å². The number of nitrogens with zero attached hydrogens (tertiary/aromatic N) is 4. The minimum Gasteiger partial charge on any atom is -0.345 e. The highest BCUT2D eigenvalue weighted by Crippen LogP contribution is 2.31. The average Bonchev–Trinajstić information content (AvgIpc) is 3.11. The van der Waals surface area contributed by atoms with Crippen molar-refractivity contribution in [3.8, 4) is 0 Å². The van der Waals surface area contributed by atoms with E-state index in [1.165, 1.54) is 17.4 Å². The fourth-order valence-corrected chi connectivity index (χ4v) is 4.23. The van der Waals surface area contributed by atoms with E-state index in [9.17, 15) is 14.9 Å². The van der Waals surface area contributed by atoms with Crippen LogP contribution in [0.4, 0.5) is 21.3 Å². The highest BCUT2D eigenvalue weighted by Gasteiger charge is 2.23. The number of benzene rings is 2. The molecule has 1 N–H and O–H groups in total. The number of aromatic nitrogens is 1. The maximum Gasteiger partial charge on any atom is 0.321 e. The van der Waals surface area contributed by atoms with Crippen molar-refractivity contribution in [1.82, 2.24) is 9.88 Å². The first-order valence-electron chi connectivity index (χ1n) is 8.92. The zero-order valence-corrected chi connectivity index (χ0v) is 16.1. The number of fused-ring (bicyclic) bond motifs is 1. The first kappa shape index (κ1) is 18.2. The van der Waals surface area contributed by atoms with Gasteiger partial charge in [-0.3, -0.25) is 10.1 Å². The second kappa shape index (κ2) is 7.43. The summed E-state index contributed by atoms with van der Waals surface area (Å²) in [6.07, 6.45) is 0. The molecule has 2 aromatic carbocycles. The van der Waals surface area contributed by atoms with Gasteiger partial charge in [0, 0.05) is 44.0 Å². The summed E-state index contributed by atoms with van der Waals surface area (Å²) in [6.45, 7) is 4.51. The molecule has 8 nitrogen and oxygen atoms in total. The van der Waals surface area contributed by atoms with Crippen LogP contribution < -0.4 is 10.2 Å². The molecule has 1 saturated heterocycles. The number of nitro groups is 1. The maximum absolute atomic E-state index is 12.5. The van der Waals surface area contributed by atoms with E-state index in [2.05, 4.69) is 15.2 Å². The number of nitro benzene ring substituents is 1. The van der Waals surface area contributed by atoms with Gasteiger partial charge in [0.1, 0.15) is 0 Å². The van der Waals surface area contributed by atoms with Crippen molar-refractivity contribution < 1.29 is 9.72 Å². The molecule has 0 unspecified atom stereocenters. The van der Waals surface area contributed by atoms with E-state index < -0.39 is 4.92 Å². The highest BCUT2D eigenvalue weighted by molar-refractivity contribution is 7.22. The SMILES string of the molecule is Cc1cccc(NC(=O)N2CCN(c3nc4ccc([N+](=O)[O-])cc4s3)CC2)c1. The number of urea groups is 1. The van der Waals surface area contributed by atoms with Crippen molar-refractivity contribution in [3.63, 3.8) is 0 Å². The van der Waals surface area contributed by atoms with Crippen molar-refractivity contribution in [2.75, 3.05) is 36.4 Å². The van der Waals surface area contributed by atoms with E-state index in [1.54, 1.807) is 17.0 Å². The van der Waals surface area contributed by atoms with Crippen molar-refractivity contribution in [2.45, 2.75) is 6.92 Å². The van der Waals surface area contributed by atoms with Crippen LogP contribution in [0.2, 0.25) is 0 Å². The van der Waals surface area contributed by atoms with Gasteiger partial charge in [0.2, 0.25) is 0 Å². The van der Waals surface area contributed by atoms with Gasteiger partial charge in [-0.05, 0) is 30.7 Å². The Hall–Kier alpha value is -3.20. The van der Waals surface area contributed by atoms with Gasteiger partial charge in [-0.25, -0.2) is 9.78 Å². The van der Waals surface area contributed by atoms with Gasteiger partial charge in [-0.15, -0.1) is 0 Å². The predicted octanol–water partition coefficient (Wildman–Crippen LogP) is 3.87. The maximum atomic E-state index is 12.5. The minimum atomic E-state index is -0.398.